The van der Waals surface area contributed by atoms with Crippen molar-refractivity contribution < 1.29 is 4.79 Å². The SMILES string of the molecule is Cc1ncc(C(=O)N2CCC3(CC2)C[C@H]3N(C)Cc2nccs2)c(C)n1. The summed E-state index contributed by atoms with van der Waals surface area (Å²) in [7, 11) is 2.20. The lowest BCUT2D eigenvalue weighted by Gasteiger charge is -2.34. The van der Waals surface area contributed by atoms with E-state index in [9.17, 15) is 4.79 Å². The van der Waals surface area contributed by atoms with Crippen LogP contribution in [0.2, 0.25) is 0 Å². The lowest BCUT2D eigenvalue weighted by Crippen LogP contribution is -2.41. The molecule has 0 N–H and O–H groups in total. The molecule has 7 heteroatoms. The lowest BCUT2D eigenvalue weighted by molar-refractivity contribution is 0.0656. The summed E-state index contributed by atoms with van der Waals surface area (Å²) in [6.45, 7) is 6.31. The maximum Gasteiger partial charge on any atom is 0.257 e. The minimum absolute atomic E-state index is 0.0747. The van der Waals surface area contributed by atoms with Crippen LogP contribution in [0.15, 0.2) is 17.8 Å². The van der Waals surface area contributed by atoms with E-state index in [1.807, 2.05) is 30.3 Å². The van der Waals surface area contributed by atoms with Crippen LogP contribution in [0.25, 0.3) is 0 Å². The third kappa shape index (κ3) is 3.25. The van der Waals surface area contributed by atoms with Gasteiger partial charge in [-0.25, -0.2) is 15.0 Å². The molecule has 0 aromatic carbocycles. The van der Waals surface area contributed by atoms with Crippen LogP contribution in [0.5, 0.6) is 0 Å². The number of aromatic nitrogens is 3. The van der Waals surface area contributed by atoms with Gasteiger partial charge in [-0.3, -0.25) is 9.69 Å². The second kappa shape index (κ2) is 6.70. The molecule has 2 fully saturated rings. The molecule has 4 rings (SSSR count). The van der Waals surface area contributed by atoms with Crippen molar-refractivity contribution in [3.63, 3.8) is 0 Å². The number of piperidine rings is 1. The van der Waals surface area contributed by atoms with Crippen molar-refractivity contribution in [1.29, 1.82) is 0 Å². The quantitative estimate of drug-likeness (QED) is 0.827. The predicted molar refractivity (Wildman–Crippen MR) is 101 cm³/mol. The molecule has 138 valence electrons. The Morgan fingerprint density at radius 1 is 1.35 bits per heavy atom. The molecule has 1 aliphatic carbocycles. The van der Waals surface area contributed by atoms with Crippen LogP contribution in [0.1, 0.15) is 46.1 Å². The van der Waals surface area contributed by atoms with Crippen LogP contribution in [-0.2, 0) is 6.54 Å². The summed E-state index contributed by atoms with van der Waals surface area (Å²) >= 11 is 1.72. The molecule has 1 atom stereocenters. The number of rotatable bonds is 4. The number of hydrogen-bond acceptors (Lipinski definition) is 6. The van der Waals surface area contributed by atoms with Crippen molar-refractivity contribution in [2.75, 3.05) is 20.1 Å². The van der Waals surface area contributed by atoms with E-state index in [4.69, 9.17) is 0 Å². The monoisotopic (exact) mass is 371 g/mol. The molecule has 1 saturated heterocycles. The largest absolute Gasteiger partial charge is 0.339 e. The van der Waals surface area contributed by atoms with E-state index in [1.165, 1.54) is 11.4 Å². The maximum absolute atomic E-state index is 12.8. The third-order valence-electron chi connectivity index (χ3n) is 5.92. The van der Waals surface area contributed by atoms with Gasteiger partial charge in [0.2, 0.25) is 0 Å². The maximum atomic E-state index is 12.8. The first kappa shape index (κ1) is 17.5. The summed E-state index contributed by atoms with van der Waals surface area (Å²) < 4.78 is 0. The molecule has 0 unspecified atom stereocenters. The molecule has 0 radical (unpaired) electrons. The van der Waals surface area contributed by atoms with Crippen LogP contribution in [0, 0.1) is 19.3 Å². The Bertz CT molecular complexity index is 798. The summed E-state index contributed by atoms with van der Waals surface area (Å²) in [5.74, 6) is 0.784. The van der Waals surface area contributed by atoms with Crippen molar-refractivity contribution in [2.24, 2.45) is 5.41 Å². The van der Waals surface area contributed by atoms with Gasteiger partial charge in [0.05, 0.1) is 17.8 Å². The molecule has 0 bridgehead atoms. The van der Waals surface area contributed by atoms with E-state index in [2.05, 4.69) is 26.9 Å². The normalized spacial score (nSPS) is 21.4. The Balaban J connectivity index is 1.35. The third-order valence-corrected chi connectivity index (χ3v) is 6.69. The fraction of sp³-hybridized carbons (Fsp3) is 0.579. The van der Waals surface area contributed by atoms with Gasteiger partial charge in [-0.2, -0.15) is 0 Å². The first-order valence-corrected chi connectivity index (χ1v) is 10.0. The number of carbonyl (C=O) groups excluding carboxylic acids is 1. The minimum atomic E-state index is 0.0747. The van der Waals surface area contributed by atoms with Gasteiger partial charge in [0.15, 0.2) is 0 Å². The van der Waals surface area contributed by atoms with Crippen LogP contribution >= 0.6 is 11.3 Å². The second-order valence-corrected chi connectivity index (χ2v) is 8.61. The van der Waals surface area contributed by atoms with Crippen LogP contribution in [0.4, 0.5) is 0 Å². The van der Waals surface area contributed by atoms with Crippen molar-refractivity contribution in [3.8, 4) is 0 Å². The van der Waals surface area contributed by atoms with Gasteiger partial charge in [0, 0.05) is 36.9 Å². The highest BCUT2D eigenvalue weighted by Crippen LogP contribution is 2.56. The van der Waals surface area contributed by atoms with Gasteiger partial charge in [-0.1, -0.05) is 0 Å². The molecule has 1 saturated carbocycles. The second-order valence-electron chi connectivity index (χ2n) is 7.63. The molecule has 2 aromatic heterocycles. The first-order chi connectivity index (χ1) is 12.5. The highest BCUT2D eigenvalue weighted by molar-refractivity contribution is 7.09. The minimum Gasteiger partial charge on any atom is -0.339 e. The lowest BCUT2D eigenvalue weighted by atomic mass is 9.92. The van der Waals surface area contributed by atoms with Gasteiger partial charge in [0.25, 0.3) is 5.91 Å². The number of nitrogens with zero attached hydrogens (tertiary/aromatic N) is 5. The Morgan fingerprint density at radius 3 is 2.77 bits per heavy atom. The average Bonchev–Trinajstić information content (AvgIpc) is 3.07. The number of likely N-dealkylation sites (tertiary alicyclic amines) is 1. The average molecular weight is 372 g/mol. The molecule has 1 amide bonds. The summed E-state index contributed by atoms with van der Waals surface area (Å²) in [6, 6.07) is 0.619. The molecule has 26 heavy (non-hydrogen) atoms. The highest BCUT2D eigenvalue weighted by Gasteiger charge is 2.56. The Kier molecular flexibility index (Phi) is 4.52. The van der Waals surface area contributed by atoms with Crippen molar-refractivity contribution in [1.82, 2.24) is 24.8 Å². The summed E-state index contributed by atoms with van der Waals surface area (Å²) in [4.78, 5) is 30.2. The zero-order chi connectivity index (χ0) is 18.3. The molecule has 1 aliphatic heterocycles. The smallest absolute Gasteiger partial charge is 0.257 e. The van der Waals surface area contributed by atoms with Gasteiger partial charge < -0.3 is 4.90 Å². The van der Waals surface area contributed by atoms with E-state index < -0.39 is 0 Å². The predicted octanol–water partition coefficient (Wildman–Crippen LogP) is 2.68. The Hall–Kier alpha value is -1.86. The van der Waals surface area contributed by atoms with Gasteiger partial charge >= 0.3 is 0 Å². The topological polar surface area (TPSA) is 62.2 Å². The molecule has 2 aliphatic rings. The molecule has 6 nitrogen and oxygen atoms in total. The molecular formula is C19H25N5OS. The van der Waals surface area contributed by atoms with Crippen LogP contribution in [0.3, 0.4) is 0 Å². The molecule has 3 heterocycles. The van der Waals surface area contributed by atoms with E-state index in [-0.39, 0.29) is 5.91 Å². The van der Waals surface area contributed by atoms with Crippen molar-refractivity contribution in [2.45, 2.75) is 45.7 Å². The number of thiazole rings is 1. The fourth-order valence-electron chi connectivity index (χ4n) is 4.26. The van der Waals surface area contributed by atoms with Crippen LogP contribution in [-0.4, -0.2) is 56.8 Å². The van der Waals surface area contributed by atoms with E-state index in [1.54, 1.807) is 17.5 Å². The number of hydrogen-bond donors (Lipinski definition) is 0. The Morgan fingerprint density at radius 2 is 2.12 bits per heavy atom. The number of amides is 1. The summed E-state index contributed by atoms with van der Waals surface area (Å²) in [5.41, 5.74) is 1.80. The van der Waals surface area contributed by atoms with E-state index in [0.29, 0.717) is 22.8 Å². The standard InChI is InChI=1S/C19H25N5OS/c1-13-15(11-21-14(2)22-13)18(25)24-7-4-19(5-8-24)10-16(19)23(3)12-17-20-6-9-26-17/h6,9,11,16H,4-5,7-8,10,12H2,1-3H3/t16-/m1/s1. The van der Waals surface area contributed by atoms with Crippen molar-refractivity contribution >= 4 is 17.2 Å². The van der Waals surface area contributed by atoms with Crippen LogP contribution < -0.4 is 0 Å². The van der Waals surface area contributed by atoms with Crippen molar-refractivity contribution in [3.05, 3.63) is 39.9 Å². The van der Waals surface area contributed by atoms with Gasteiger partial charge in [0.1, 0.15) is 10.8 Å². The molecular weight excluding hydrogens is 346 g/mol. The fourth-order valence-corrected chi connectivity index (χ4v) is 4.94. The Labute approximate surface area is 158 Å². The summed E-state index contributed by atoms with van der Waals surface area (Å²) in [6.07, 6.45) is 6.95. The van der Waals surface area contributed by atoms with E-state index >= 15 is 0 Å². The van der Waals surface area contributed by atoms with Gasteiger partial charge in [-0.05, 0) is 45.6 Å². The summed E-state index contributed by atoms with van der Waals surface area (Å²) in [5, 5.41) is 3.21. The zero-order valence-corrected chi connectivity index (χ0v) is 16.4. The first-order valence-electron chi connectivity index (χ1n) is 9.17. The number of carbonyl (C=O) groups is 1. The van der Waals surface area contributed by atoms with E-state index in [0.717, 1.165) is 38.2 Å². The zero-order valence-electron chi connectivity index (χ0n) is 15.6. The molecule has 1 spiro atoms. The highest BCUT2D eigenvalue weighted by atomic mass is 32.1. The van der Waals surface area contributed by atoms with Gasteiger partial charge in [-0.15, -0.1) is 11.3 Å². The number of aryl methyl sites for hydroxylation is 2. The molecule has 2 aromatic rings.